The Bertz CT molecular complexity index is 3350. The highest BCUT2D eigenvalue weighted by molar-refractivity contribution is 7.26. The van der Waals surface area contributed by atoms with Crippen LogP contribution in [0, 0.1) is 0 Å². The minimum absolute atomic E-state index is 0.745. The fourth-order valence-corrected chi connectivity index (χ4v) is 9.67. The molecule has 0 amide bonds. The lowest BCUT2D eigenvalue weighted by Crippen LogP contribution is -1.96. The molecule has 0 atom stereocenters. The smallest absolute Gasteiger partial charge is 0.160 e. The van der Waals surface area contributed by atoms with Gasteiger partial charge < -0.3 is 8.97 Å². The zero-order valence-electron chi connectivity index (χ0n) is 27.2. The van der Waals surface area contributed by atoms with Gasteiger partial charge in [-0.25, -0.2) is 9.97 Å². The highest BCUT2D eigenvalue weighted by atomic mass is 32.1. The van der Waals surface area contributed by atoms with Gasteiger partial charge in [-0.3, -0.25) is 0 Å². The predicted octanol–water partition coefficient (Wildman–Crippen LogP) is 12.4. The number of hydrogen-bond donors (Lipinski definition) is 0. The molecule has 236 valence electrons. The molecule has 0 fully saturated rings. The lowest BCUT2D eigenvalue weighted by atomic mass is 10.0. The maximum Gasteiger partial charge on any atom is 0.160 e. The first-order valence-corrected chi connectivity index (χ1v) is 18.1. The van der Waals surface area contributed by atoms with Gasteiger partial charge in [0.25, 0.3) is 0 Å². The van der Waals surface area contributed by atoms with Crippen LogP contribution < -0.4 is 0 Å². The quantitative estimate of drug-likeness (QED) is 0.188. The fraction of sp³-hybridized carbons (Fsp3) is 0. The minimum Gasteiger partial charge on any atom is -0.309 e. The van der Waals surface area contributed by atoms with E-state index in [4.69, 9.17) is 9.97 Å². The highest BCUT2D eigenvalue weighted by Gasteiger charge is 2.24. The lowest BCUT2D eigenvalue weighted by molar-refractivity contribution is 1.18. The Morgan fingerprint density at radius 1 is 0.451 bits per heavy atom. The van der Waals surface area contributed by atoms with E-state index in [1.807, 2.05) is 18.2 Å². The SMILES string of the molecule is c1ccc(-c2nc(-c3ccc(-n4c5ccccc5c5c6c7ccccc7n7c8ccccc8c(cc54)c67)cc3)c3sc4ccccc4c3n2)cc1. The fourth-order valence-electron chi connectivity index (χ4n) is 8.51. The van der Waals surface area contributed by atoms with Crippen LogP contribution in [0.3, 0.4) is 0 Å². The third-order valence-corrected chi connectivity index (χ3v) is 11.8. The van der Waals surface area contributed by atoms with Crippen LogP contribution in [-0.2, 0) is 0 Å². The Kier molecular flexibility index (Phi) is 5.35. The molecule has 0 aliphatic heterocycles. The van der Waals surface area contributed by atoms with Crippen LogP contribution >= 0.6 is 11.3 Å². The molecule has 0 radical (unpaired) electrons. The summed E-state index contributed by atoms with van der Waals surface area (Å²) < 4.78 is 7.25. The largest absolute Gasteiger partial charge is 0.309 e. The summed E-state index contributed by atoms with van der Waals surface area (Å²) in [6.45, 7) is 0. The van der Waals surface area contributed by atoms with Gasteiger partial charge in [0, 0.05) is 59.2 Å². The van der Waals surface area contributed by atoms with Gasteiger partial charge in [-0.1, -0.05) is 115 Å². The van der Waals surface area contributed by atoms with Gasteiger partial charge in [0.15, 0.2) is 5.82 Å². The highest BCUT2D eigenvalue weighted by Crippen LogP contribution is 2.47. The van der Waals surface area contributed by atoms with Gasteiger partial charge >= 0.3 is 0 Å². The third kappa shape index (κ3) is 3.63. The second-order valence-corrected chi connectivity index (χ2v) is 14.4. The lowest BCUT2D eigenvalue weighted by Gasteiger charge is -2.11. The molecular weight excluding hydrogens is 641 g/mol. The summed E-state index contributed by atoms with van der Waals surface area (Å²) in [7, 11) is 0. The van der Waals surface area contributed by atoms with E-state index < -0.39 is 0 Å². The first kappa shape index (κ1) is 27.3. The summed E-state index contributed by atoms with van der Waals surface area (Å²) in [5.74, 6) is 0.745. The van der Waals surface area contributed by atoms with E-state index in [-0.39, 0.29) is 0 Å². The van der Waals surface area contributed by atoms with Gasteiger partial charge in [-0.2, -0.15) is 0 Å². The van der Waals surface area contributed by atoms with E-state index in [2.05, 4.69) is 148 Å². The van der Waals surface area contributed by atoms with Crippen molar-refractivity contribution in [2.24, 2.45) is 0 Å². The van der Waals surface area contributed by atoms with Gasteiger partial charge in [-0.15, -0.1) is 11.3 Å². The Balaban J connectivity index is 1.13. The van der Waals surface area contributed by atoms with Gasteiger partial charge in [0.1, 0.15) is 0 Å². The van der Waals surface area contributed by atoms with Crippen LogP contribution in [0.15, 0.2) is 158 Å². The van der Waals surface area contributed by atoms with Crippen molar-refractivity contribution < 1.29 is 0 Å². The first-order valence-electron chi connectivity index (χ1n) is 17.3. The number of benzene rings is 7. The number of para-hydroxylation sites is 3. The number of thiophene rings is 1. The zero-order valence-corrected chi connectivity index (χ0v) is 28.0. The summed E-state index contributed by atoms with van der Waals surface area (Å²) in [5, 5.41) is 8.90. The Morgan fingerprint density at radius 3 is 1.86 bits per heavy atom. The second kappa shape index (κ2) is 10.0. The van der Waals surface area contributed by atoms with Crippen LogP contribution in [0.2, 0.25) is 0 Å². The van der Waals surface area contributed by atoms with E-state index in [1.165, 1.54) is 70.0 Å². The molecule has 5 heteroatoms. The van der Waals surface area contributed by atoms with Crippen LogP contribution in [0.25, 0.3) is 109 Å². The molecule has 5 heterocycles. The number of fused-ring (bicyclic) bond motifs is 13. The van der Waals surface area contributed by atoms with Crippen LogP contribution in [0.1, 0.15) is 0 Å². The number of aromatic nitrogens is 4. The van der Waals surface area contributed by atoms with Crippen molar-refractivity contribution in [1.82, 2.24) is 18.9 Å². The number of hydrogen-bond acceptors (Lipinski definition) is 3. The Labute approximate surface area is 295 Å². The first-order chi connectivity index (χ1) is 25.3. The van der Waals surface area contributed by atoms with Crippen molar-refractivity contribution in [1.29, 1.82) is 0 Å². The summed E-state index contributed by atoms with van der Waals surface area (Å²) in [4.78, 5) is 10.3. The molecule has 12 aromatic rings. The second-order valence-electron chi connectivity index (χ2n) is 13.3. The summed E-state index contributed by atoms with van der Waals surface area (Å²) >= 11 is 1.77. The van der Waals surface area contributed by atoms with Crippen molar-refractivity contribution in [3.63, 3.8) is 0 Å². The van der Waals surface area contributed by atoms with Crippen molar-refractivity contribution in [3.8, 4) is 28.3 Å². The van der Waals surface area contributed by atoms with Gasteiger partial charge in [-0.05, 0) is 42.5 Å². The predicted molar refractivity (Wildman–Crippen MR) is 215 cm³/mol. The van der Waals surface area contributed by atoms with E-state index >= 15 is 0 Å². The van der Waals surface area contributed by atoms with E-state index in [0.717, 1.165) is 38.5 Å². The van der Waals surface area contributed by atoms with Gasteiger partial charge in [0.05, 0.1) is 43.5 Å². The number of rotatable bonds is 3. The molecule has 51 heavy (non-hydrogen) atoms. The van der Waals surface area contributed by atoms with E-state index in [1.54, 1.807) is 11.3 Å². The average molecular weight is 667 g/mol. The summed E-state index contributed by atoms with van der Waals surface area (Å²) in [5.41, 5.74) is 11.4. The van der Waals surface area contributed by atoms with Crippen molar-refractivity contribution >= 4 is 91.5 Å². The maximum absolute atomic E-state index is 5.23. The molecule has 0 aliphatic rings. The molecule has 5 aromatic heterocycles. The molecule has 7 aromatic carbocycles. The minimum atomic E-state index is 0.745. The molecule has 0 N–H and O–H groups in total. The van der Waals surface area contributed by atoms with Crippen LogP contribution in [0.4, 0.5) is 0 Å². The summed E-state index contributed by atoms with van der Waals surface area (Å²) in [6, 6.07) is 56.8. The monoisotopic (exact) mass is 666 g/mol. The molecule has 4 nitrogen and oxygen atoms in total. The average Bonchev–Trinajstić information content (AvgIpc) is 3.93. The Morgan fingerprint density at radius 2 is 1.08 bits per heavy atom. The topological polar surface area (TPSA) is 35.1 Å². The third-order valence-electron chi connectivity index (χ3n) is 10.7. The molecule has 0 aliphatic carbocycles. The van der Waals surface area contributed by atoms with Crippen molar-refractivity contribution in [3.05, 3.63) is 158 Å². The van der Waals surface area contributed by atoms with Crippen LogP contribution in [0.5, 0.6) is 0 Å². The maximum atomic E-state index is 5.23. The Hall–Kier alpha value is -6.56. The molecule has 0 saturated carbocycles. The standard InChI is InChI=1S/C46H26N4S/c1-2-12-28(13-3-1)46-47-42(45-43(48-46)33-17-7-11-21-39(33)51-45)27-22-24-29(25-23-27)49-36-19-9-5-15-31(36)40-38(49)26-34-30-14-4-8-18-35(30)50-37-20-10-6-16-32(37)41(40)44(34)50/h1-26H. The molecule has 0 spiro atoms. The van der Waals surface area contributed by atoms with Crippen molar-refractivity contribution in [2.45, 2.75) is 0 Å². The van der Waals surface area contributed by atoms with Gasteiger partial charge in [0.2, 0.25) is 0 Å². The molecular formula is C46H26N4S. The zero-order chi connectivity index (χ0) is 33.2. The van der Waals surface area contributed by atoms with E-state index in [9.17, 15) is 0 Å². The molecule has 12 rings (SSSR count). The normalized spacial score (nSPS) is 12.3. The molecule has 0 bridgehead atoms. The van der Waals surface area contributed by atoms with Crippen LogP contribution in [-0.4, -0.2) is 18.9 Å². The number of nitrogens with zero attached hydrogens (tertiary/aromatic N) is 4. The molecule has 0 saturated heterocycles. The summed E-state index contributed by atoms with van der Waals surface area (Å²) in [6.07, 6.45) is 0. The van der Waals surface area contributed by atoms with E-state index in [0.29, 0.717) is 0 Å². The van der Waals surface area contributed by atoms with Crippen molar-refractivity contribution in [2.75, 3.05) is 0 Å². The molecule has 0 unspecified atom stereocenters.